The van der Waals surface area contributed by atoms with Crippen molar-refractivity contribution < 1.29 is 14.4 Å². The molecule has 8 heteroatoms. The number of carbonyl (C=O) groups is 3. The second-order valence-corrected chi connectivity index (χ2v) is 5.08. The van der Waals surface area contributed by atoms with E-state index in [1.54, 1.807) is 20.0 Å². The third kappa shape index (κ3) is 2.95. The number of imide groups is 1. The highest BCUT2D eigenvalue weighted by molar-refractivity contribution is 8.14. The fraction of sp³-hybridized carbons (Fsp3) is 0.455. The monoisotopic (exact) mass is 282 g/mol. The van der Waals surface area contributed by atoms with Gasteiger partial charge in [0.1, 0.15) is 5.69 Å². The molecule has 1 N–H and O–H groups in total. The average Bonchev–Trinajstić information content (AvgIpc) is 2.84. The molecule has 0 atom stereocenters. The minimum absolute atomic E-state index is 0.188. The molecule has 1 aromatic heterocycles. The first-order valence-electron chi connectivity index (χ1n) is 5.75. The van der Waals surface area contributed by atoms with Crippen molar-refractivity contribution in [2.24, 2.45) is 7.05 Å². The van der Waals surface area contributed by atoms with E-state index in [-0.39, 0.29) is 35.9 Å². The molecular weight excluding hydrogens is 268 g/mol. The number of amides is 3. The Morgan fingerprint density at radius 1 is 1.53 bits per heavy atom. The van der Waals surface area contributed by atoms with Crippen molar-refractivity contribution in [3.8, 4) is 0 Å². The number of aromatic nitrogens is 2. The Kier molecular flexibility index (Phi) is 3.89. The third-order valence-corrected chi connectivity index (χ3v) is 3.55. The topological polar surface area (TPSA) is 84.3 Å². The minimum Gasteiger partial charge on any atom is -0.349 e. The largest absolute Gasteiger partial charge is 0.349 e. The summed E-state index contributed by atoms with van der Waals surface area (Å²) in [5.41, 5.74) is 1.21. The lowest BCUT2D eigenvalue weighted by Crippen LogP contribution is -2.37. The van der Waals surface area contributed by atoms with Gasteiger partial charge in [-0.1, -0.05) is 11.8 Å². The maximum atomic E-state index is 11.9. The Bertz CT molecular complexity index is 524. The van der Waals surface area contributed by atoms with Gasteiger partial charge in [-0.2, -0.15) is 5.10 Å². The van der Waals surface area contributed by atoms with Crippen molar-refractivity contribution in [2.75, 3.05) is 18.8 Å². The highest BCUT2D eigenvalue weighted by atomic mass is 32.2. The summed E-state index contributed by atoms with van der Waals surface area (Å²) in [5, 5.41) is 6.49. The molecule has 7 nitrogen and oxygen atoms in total. The van der Waals surface area contributed by atoms with Gasteiger partial charge in [-0.3, -0.25) is 24.0 Å². The maximum Gasteiger partial charge on any atom is 0.288 e. The van der Waals surface area contributed by atoms with E-state index in [0.717, 1.165) is 22.4 Å². The van der Waals surface area contributed by atoms with Crippen LogP contribution < -0.4 is 5.32 Å². The summed E-state index contributed by atoms with van der Waals surface area (Å²) in [7, 11) is 1.69. The molecule has 0 saturated carbocycles. The Hall–Kier alpha value is -1.83. The normalized spacial score (nSPS) is 15.2. The van der Waals surface area contributed by atoms with Crippen LogP contribution in [0.3, 0.4) is 0 Å². The van der Waals surface area contributed by atoms with E-state index in [0.29, 0.717) is 5.69 Å². The quantitative estimate of drug-likeness (QED) is 0.850. The van der Waals surface area contributed by atoms with E-state index in [4.69, 9.17) is 0 Å². The zero-order valence-corrected chi connectivity index (χ0v) is 11.5. The Morgan fingerprint density at radius 3 is 2.79 bits per heavy atom. The van der Waals surface area contributed by atoms with Crippen molar-refractivity contribution in [1.82, 2.24) is 20.0 Å². The van der Waals surface area contributed by atoms with E-state index in [9.17, 15) is 14.4 Å². The molecule has 0 spiro atoms. The smallest absolute Gasteiger partial charge is 0.288 e. The van der Waals surface area contributed by atoms with Gasteiger partial charge in [0.25, 0.3) is 11.1 Å². The fourth-order valence-corrected chi connectivity index (χ4v) is 2.54. The summed E-state index contributed by atoms with van der Waals surface area (Å²) in [4.78, 5) is 35.7. The Morgan fingerprint density at radius 2 is 2.26 bits per heavy atom. The van der Waals surface area contributed by atoms with Gasteiger partial charge in [-0.15, -0.1) is 0 Å². The molecule has 1 aliphatic rings. The summed E-state index contributed by atoms with van der Waals surface area (Å²) in [5.74, 6) is -0.288. The van der Waals surface area contributed by atoms with Gasteiger partial charge >= 0.3 is 0 Å². The van der Waals surface area contributed by atoms with Gasteiger partial charge in [-0.05, 0) is 13.0 Å². The van der Waals surface area contributed by atoms with E-state index in [1.807, 2.05) is 0 Å². The highest BCUT2D eigenvalue weighted by Crippen LogP contribution is 2.17. The van der Waals surface area contributed by atoms with Crippen LogP contribution in [0.15, 0.2) is 6.07 Å². The highest BCUT2D eigenvalue weighted by Gasteiger charge is 2.29. The molecule has 1 aliphatic heterocycles. The standard InChI is InChI=1S/C11H14N4O3S/c1-7-5-8(14(2)13-7)10(17)12-3-4-15-9(16)6-19-11(15)18/h5H,3-4,6H2,1-2H3,(H,12,17). The molecule has 102 valence electrons. The number of nitrogens with one attached hydrogen (secondary N) is 1. The molecule has 1 fully saturated rings. The Balaban J connectivity index is 1.86. The lowest BCUT2D eigenvalue weighted by molar-refractivity contribution is -0.124. The molecule has 0 radical (unpaired) electrons. The van der Waals surface area contributed by atoms with Crippen LogP contribution in [-0.2, 0) is 11.8 Å². The predicted molar refractivity (Wildman–Crippen MR) is 69.8 cm³/mol. The van der Waals surface area contributed by atoms with Gasteiger partial charge < -0.3 is 5.32 Å². The van der Waals surface area contributed by atoms with Crippen LogP contribution in [0.4, 0.5) is 4.79 Å². The van der Waals surface area contributed by atoms with E-state index in [1.165, 1.54) is 4.68 Å². The predicted octanol–water partition coefficient (Wildman–Crippen LogP) is 0.154. The molecule has 2 rings (SSSR count). The first-order valence-corrected chi connectivity index (χ1v) is 6.73. The third-order valence-electron chi connectivity index (χ3n) is 2.70. The van der Waals surface area contributed by atoms with Crippen molar-refractivity contribution in [3.05, 3.63) is 17.5 Å². The van der Waals surface area contributed by atoms with Gasteiger partial charge in [-0.25, -0.2) is 0 Å². The van der Waals surface area contributed by atoms with E-state index >= 15 is 0 Å². The molecule has 19 heavy (non-hydrogen) atoms. The van der Waals surface area contributed by atoms with Crippen molar-refractivity contribution >= 4 is 28.8 Å². The van der Waals surface area contributed by atoms with Crippen molar-refractivity contribution in [3.63, 3.8) is 0 Å². The maximum absolute atomic E-state index is 11.9. The summed E-state index contributed by atoms with van der Waals surface area (Å²) >= 11 is 0.985. The Labute approximate surface area is 114 Å². The molecule has 1 saturated heterocycles. The van der Waals surface area contributed by atoms with Crippen LogP contribution in [-0.4, -0.2) is 50.6 Å². The van der Waals surface area contributed by atoms with E-state index in [2.05, 4.69) is 10.4 Å². The zero-order valence-electron chi connectivity index (χ0n) is 10.7. The second-order valence-electron chi connectivity index (χ2n) is 4.15. The fourth-order valence-electron chi connectivity index (χ4n) is 1.79. The SMILES string of the molecule is Cc1cc(C(=O)NCCN2C(=O)CSC2=O)n(C)n1. The van der Waals surface area contributed by atoms with E-state index < -0.39 is 0 Å². The van der Waals surface area contributed by atoms with Gasteiger partial charge in [0.15, 0.2) is 0 Å². The van der Waals surface area contributed by atoms with Crippen LogP contribution >= 0.6 is 11.8 Å². The van der Waals surface area contributed by atoms with Crippen molar-refractivity contribution in [1.29, 1.82) is 0 Å². The molecule has 0 unspecified atom stereocenters. The van der Waals surface area contributed by atoms with Gasteiger partial charge in [0.2, 0.25) is 5.91 Å². The first-order chi connectivity index (χ1) is 8.99. The van der Waals surface area contributed by atoms with Crippen LogP contribution in [0.25, 0.3) is 0 Å². The molecule has 1 aromatic rings. The average molecular weight is 282 g/mol. The van der Waals surface area contributed by atoms with Crippen LogP contribution in [0.2, 0.25) is 0 Å². The summed E-state index contributed by atoms with van der Waals surface area (Å²) < 4.78 is 1.49. The second kappa shape index (κ2) is 5.43. The number of hydrogen-bond acceptors (Lipinski definition) is 5. The lowest BCUT2D eigenvalue weighted by Gasteiger charge is -2.12. The van der Waals surface area contributed by atoms with Crippen LogP contribution in [0.5, 0.6) is 0 Å². The summed E-state index contributed by atoms with van der Waals surface area (Å²) in [6.07, 6.45) is 0. The number of nitrogens with zero attached hydrogens (tertiary/aromatic N) is 3. The number of rotatable bonds is 4. The molecule has 3 amide bonds. The number of hydrogen-bond donors (Lipinski definition) is 1. The molecule has 0 bridgehead atoms. The van der Waals surface area contributed by atoms with Crippen LogP contribution in [0, 0.1) is 6.92 Å². The summed E-state index contributed by atoms with van der Waals surface area (Å²) in [6, 6.07) is 1.68. The number of thioether (sulfide) groups is 1. The van der Waals surface area contributed by atoms with Gasteiger partial charge in [0.05, 0.1) is 11.4 Å². The van der Waals surface area contributed by atoms with Gasteiger partial charge in [0, 0.05) is 20.1 Å². The summed E-state index contributed by atoms with van der Waals surface area (Å²) in [6.45, 7) is 2.24. The molecule has 2 heterocycles. The lowest BCUT2D eigenvalue weighted by atomic mass is 10.3. The molecule has 0 aliphatic carbocycles. The van der Waals surface area contributed by atoms with Crippen LogP contribution in [0.1, 0.15) is 16.2 Å². The molecule has 0 aromatic carbocycles. The first kappa shape index (κ1) is 13.6. The van der Waals surface area contributed by atoms with Crippen molar-refractivity contribution in [2.45, 2.75) is 6.92 Å². The zero-order chi connectivity index (χ0) is 14.0. The molecular formula is C11H14N4O3S. The minimum atomic E-state index is -0.269. The number of aryl methyl sites for hydroxylation is 2. The number of carbonyl (C=O) groups excluding carboxylic acids is 3.